The van der Waals surface area contributed by atoms with E-state index in [1.165, 1.54) is 36.2 Å². The zero-order chi connectivity index (χ0) is 44.7. The maximum absolute atomic E-state index is 14.3. The number of benzene rings is 3. The third-order valence-corrected chi connectivity index (χ3v) is 11.3. The molecular weight excluding hydrogens is 798 g/mol. The number of carbonyl (C=O) groups excluding carboxylic acids is 6. The van der Waals surface area contributed by atoms with Crippen molar-refractivity contribution < 1.29 is 42.6 Å². The van der Waals surface area contributed by atoms with E-state index in [1.54, 1.807) is 36.4 Å². The predicted octanol–water partition coefficient (Wildman–Crippen LogP) is 6.57. The average molecular weight is 852 g/mol. The first-order valence-corrected chi connectivity index (χ1v) is 20.8. The molecule has 3 heterocycles. The Bertz CT molecular complexity index is 2160. The molecule has 16 heteroatoms. The number of methoxy groups -OCH3 is 2. The van der Waals surface area contributed by atoms with Gasteiger partial charge in [0.15, 0.2) is 0 Å². The van der Waals surface area contributed by atoms with E-state index in [0.29, 0.717) is 55.8 Å². The van der Waals surface area contributed by atoms with Gasteiger partial charge in [-0.05, 0) is 98.2 Å². The summed E-state index contributed by atoms with van der Waals surface area (Å²) in [6, 6.07) is 21.2. The van der Waals surface area contributed by atoms with Crippen molar-refractivity contribution in [1.82, 2.24) is 25.0 Å². The fourth-order valence-corrected chi connectivity index (χ4v) is 8.08. The first-order valence-electron chi connectivity index (χ1n) is 20.8. The number of aromatic nitrogens is 1. The molecule has 0 unspecified atom stereocenters. The Kier molecular flexibility index (Phi) is 14.3. The first-order chi connectivity index (χ1) is 29.7. The number of anilines is 2. The molecule has 0 spiro atoms. The lowest BCUT2D eigenvalue weighted by molar-refractivity contribution is -0.139. The van der Waals surface area contributed by atoms with Gasteiger partial charge in [-0.15, -0.1) is 0 Å². The Balaban J connectivity index is 1.24. The van der Waals surface area contributed by atoms with Crippen LogP contribution < -0.4 is 21.3 Å². The van der Waals surface area contributed by atoms with Crippen LogP contribution in [0.1, 0.15) is 53.4 Å². The van der Waals surface area contributed by atoms with Gasteiger partial charge >= 0.3 is 12.2 Å². The number of hydrogen-bond acceptors (Lipinski definition) is 8. The van der Waals surface area contributed by atoms with Crippen LogP contribution in [0.15, 0.2) is 84.9 Å². The van der Waals surface area contributed by atoms with Gasteiger partial charge in [0.2, 0.25) is 23.6 Å². The van der Waals surface area contributed by atoms with Crippen molar-refractivity contribution in [3.8, 4) is 28.2 Å². The molecule has 1 aromatic heterocycles. The highest BCUT2D eigenvalue weighted by atomic mass is 19.1. The summed E-state index contributed by atoms with van der Waals surface area (Å²) in [5.74, 6) is -2.31. The lowest BCUT2D eigenvalue weighted by atomic mass is 10.0. The van der Waals surface area contributed by atoms with Crippen molar-refractivity contribution in [2.75, 3.05) is 37.9 Å². The summed E-state index contributed by atoms with van der Waals surface area (Å²) in [6.45, 7) is 7.98. The van der Waals surface area contributed by atoms with Crippen molar-refractivity contribution in [1.29, 1.82) is 0 Å². The molecule has 0 radical (unpaired) electrons. The molecule has 4 N–H and O–H groups in total. The van der Waals surface area contributed by atoms with Crippen molar-refractivity contribution >= 4 is 47.2 Å². The third-order valence-electron chi connectivity index (χ3n) is 11.3. The van der Waals surface area contributed by atoms with E-state index in [9.17, 15) is 33.2 Å². The molecule has 2 fully saturated rings. The molecule has 0 saturated carbocycles. The Morgan fingerprint density at radius 1 is 0.613 bits per heavy atom. The number of likely N-dealkylation sites (tertiary alicyclic amines) is 2. The topological polar surface area (TPSA) is 180 Å². The zero-order valence-corrected chi connectivity index (χ0v) is 35.8. The first kappa shape index (κ1) is 44.8. The summed E-state index contributed by atoms with van der Waals surface area (Å²) in [4.78, 5) is 81.8. The van der Waals surface area contributed by atoms with Crippen LogP contribution in [-0.4, -0.2) is 102 Å². The van der Waals surface area contributed by atoms with Gasteiger partial charge in [0, 0.05) is 41.3 Å². The number of ether oxygens (including phenoxy) is 2. The Morgan fingerprint density at radius 2 is 1.03 bits per heavy atom. The molecule has 4 aromatic rings. The van der Waals surface area contributed by atoms with Crippen molar-refractivity contribution in [2.24, 2.45) is 11.8 Å². The minimum absolute atomic E-state index is 0.243. The average Bonchev–Trinajstić information content (AvgIpc) is 4.05. The van der Waals surface area contributed by atoms with Crippen LogP contribution >= 0.6 is 0 Å². The van der Waals surface area contributed by atoms with Gasteiger partial charge in [-0.25, -0.2) is 14.0 Å². The molecule has 2 saturated heterocycles. The molecule has 6 amide bonds. The molecule has 6 rings (SSSR count). The number of nitrogens with zero attached hydrogens (tertiary/aromatic N) is 3. The standard InChI is InChI=1S/C46H54FN7O8/c1-27(2)39(50-45(59)61-5)43(57)52-23-9-15-37(52)41(55)48-32-13-7-11-29(25-32)35-21-22-36(54(35)34-19-17-31(47)18-20-34)30-12-8-14-33(26-30)49-42(56)38-16-10-24-53(38)44(58)40(28(3)4)51-46(60)62-6/h7-8,11-14,17-22,25-28,37-40H,9-10,15-16,23-24H2,1-6H3,(H,48,55)(H,49,56)(H,50,59)(H,51,60)/t37-,38-,39-,40-/m0/s1. The fraction of sp³-hybridized carbons (Fsp3) is 0.391. The molecule has 0 aliphatic carbocycles. The van der Waals surface area contributed by atoms with E-state index in [1.807, 2.05) is 68.7 Å². The monoisotopic (exact) mass is 851 g/mol. The van der Waals surface area contributed by atoms with E-state index in [0.717, 1.165) is 22.5 Å². The molecule has 328 valence electrons. The molecule has 4 atom stereocenters. The Morgan fingerprint density at radius 3 is 1.42 bits per heavy atom. The van der Waals surface area contributed by atoms with Gasteiger partial charge in [-0.1, -0.05) is 52.0 Å². The van der Waals surface area contributed by atoms with Crippen LogP contribution in [0.5, 0.6) is 0 Å². The zero-order valence-electron chi connectivity index (χ0n) is 35.8. The Hall–Kier alpha value is -6.71. The molecule has 3 aromatic carbocycles. The van der Waals surface area contributed by atoms with Crippen molar-refractivity contribution in [3.05, 3.63) is 90.7 Å². The maximum atomic E-state index is 14.3. The fourth-order valence-electron chi connectivity index (χ4n) is 8.08. The second kappa shape index (κ2) is 19.8. The van der Waals surface area contributed by atoms with Crippen molar-refractivity contribution in [3.63, 3.8) is 0 Å². The van der Waals surface area contributed by atoms with E-state index >= 15 is 0 Å². The number of amides is 6. The van der Waals surface area contributed by atoms with Gasteiger partial charge in [0.05, 0.1) is 25.6 Å². The summed E-state index contributed by atoms with van der Waals surface area (Å²) in [5, 5.41) is 11.2. The molecule has 15 nitrogen and oxygen atoms in total. The summed E-state index contributed by atoms with van der Waals surface area (Å²) in [7, 11) is 2.45. The number of halogens is 1. The molecule has 62 heavy (non-hydrogen) atoms. The van der Waals surface area contributed by atoms with Gasteiger partial charge in [-0.2, -0.15) is 0 Å². The van der Waals surface area contributed by atoms with Crippen LogP contribution in [0.2, 0.25) is 0 Å². The highest BCUT2D eigenvalue weighted by Gasteiger charge is 2.40. The van der Waals surface area contributed by atoms with Gasteiger partial charge in [0.1, 0.15) is 30.0 Å². The SMILES string of the molecule is COC(=O)N[C@H](C(=O)N1CCC[C@H]1C(=O)Nc1cccc(-c2ccc(-c3cccc(NC(=O)[C@@H]4CCCN4C(=O)[C@@H](NC(=O)OC)C(C)C)c3)n2-c2ccc(F)cc2)c1)C(C)C. The largest absolute Gasteiger partial charge is 0.453 e. The lowest BCUT2D eigenvalue weighted by Gasteiger charge is -2.30. The number of rotatable bonds is 13. The summed E-state index contributed by atoms with van der Waals surface area (Å²) in [6.07, 6.45) is 0.715. The third kappa shape index (κ3) is 10.1. The van der Waals surface area contributed by atoms with Crippen LogP contribution in [0.25, 0.3) is 28.2 Å². The minimum Gasteiger partial charge on any atom is -0.453 e. The predicted molar refractivity (Wildman–Crippen MR) is 232 cm³/mol. The van der Waals surface area contributed by atoms with Crippen molar-refractivity contribution in [2.45, 2.75) is 77.5 Å². The Labute approximate surface area is 360 Å². The van der Waals surface area contributed by atoms with Crippen LogP contribution in [0.4, 0.5) is 25.4 Å². The summed E-state index contributed by atoms with van der Waals surface area (Å²) >= 11 is 0. The lowest BCUT2D eigenvalue weighted by Crippen LogP contribution is -2.54. The van der Waals surface area contributed by atoms with Crippen LogP contribution in [-0.2, 0) is 28.7 Å². The van der Waals surface area contributed by atoms with E-state index in [4.69, 9.17) is 9.47 Å². The summed E-state index contributed by atoms with van der Waals surface area (Å²) < 4.78 is 25.7. The second-order valence-corrected chi connectivity index (χ2v) is 16.2. The smallest absolute Gasteiger partial charge is 0.407 e. The van der Waals surface area contributed by atoms with Gasteiger partial charge in [0.25, 0.3) is 0 Å². The maximum Gasteiger partial charge on any atom is 0.407 e. The molecular formula is C46H54FN7O8. The molecule has 2 aliphatic rings. The number of alkyl carbamates (subject to hydrolysis) is 2. The quantitative estimate of drug-likeness (QED) is 0.117. The van der Waals surface area contributed by atoms with E-state index < -0.39 is 42.2 Å². The van der Waals surface area contributed by atoms with Crippen LogP contribution in [0.3, 0.4) is 0 Å². The normalized spacial score (nSPS) is 17.0. The highest BCUT2D eigenvalue weighted by molar-refractivity contribution is 6.00. The second-order valence-electron chi connectivity index (χ2n) is 16.2. The number of hydrogen-bond donors (Lipinski definition) is 4. The highest BCUT2D eigenvalue weighted by Crippen LogP contribution is 2.35. The minimum atomic E-state index is -0.862. The van der Waals surface area contributed by atoms with E-state index in [-0.39, 0.29) is 35.5 Å². The molecule has 2 aliphatic heterocycles. The number of carbonyl (C=O) groups is 6. The van der Waals surface area contributed by atoms with E-state index in [2.05, 4.69) is 21.3 Å². The van der Waals surface area contributed by atoms with Gasteiger partial charge < -0.3 is 45.1 Å². The molecule has 0 bridgehead atoms. The van der Waals surface area contributed by atoms with Gasteiger partial charge in [-0.3, -0.25) is 19.2 Å². The van der Waals surface area contributed by atoms with Crippen LogP contribution in [0, 0.1) is 17.7 Å². The summed E-state index contributed by atoms with van der Waals surface area (Å²) in [5.41, 5.74) is 4.57. The number of nitrogens with one attached hydrogen (secondary N) is 4.